The van der Waals surface area contributed by atoms with Crippen LogP contribution in [0.15, 0.2) is 24.3 Å². The zero-order valence-electron chi connectivity index (χ0n) is 12.9. The maximum atomic E-state index is 12.4. The van der Waals surface area contributed by atoms with Crippen molar-refractivity contribution in [3.05, 3.63) is 41.2 Å². The first-order valence-corrected chi connectivity index (χ1v) is 8.18. The van der Waals surface area contributed by atoms with E-state index in [1.807, 2.05) is 26.0 Å². The van der Waals surface area contributed by atoms with Crippen LogP contribution in [-0.4, -0.2) is 20.7 Å². The molecule has 114 valence electrons. The fourth-order valence-electron chi connectivity index (χ4n) is 2.47. The number of hydrogen-bond acceptors (Lipinski definition) is 4. The van der Waals surface area contributed by atoms with Gasteiger partial charge in [0.1, 0.15) is 5.69 Å². The number of thiazole rings is 1. The summed E-state index contributed by atoms with van der Waals surface area (Å²) >= 11 is 1.50. The highest BCUT2D eigenvalue weighted by Gasteiger charge is 2.15. The molecule has 22 heavy (non-hydrogen) atoms. The summed E-state index contributed by atoms with van der Waals surface area (Å²) in [6, 6.07) is 7.93. The lowest BCUT2D eigenvalue weighted by Gasteiger charge is -2.03. The number of aryl methyl sites for hydroxylation is 3. The molecular formula is C16H18N4OS. The lowest BCUT2D eigenvalue weighted by molar-refractivity contribution is 0.101. The van der Waals surface area contributed by atoms with Crippen molar-refractivity contribution in [3.63, 3.8) is 0 Å². The fraction of sp³-hybridized carbons (Fsp3) is 0.312. The molecule has 1 N–H and O–H groups in total. The van der Waals surface area contributed by atoms with Crippen LogP contribution in [0.4, 0.5) is 5.13 Å². The number of nitrogens with zero attached hydrogens (tertiary/aromatic N) is 3. The minimum Gasteiger partial charge on any atom is -0.296 e. The smallest absolute Gasteiger partial charge is 0.275 e. The Morgan fingerprint density at radius 1 is 1.36 bits per heavy atom. The Hall–Kier alpha value is -2.21. The maximum absolute atomic E-state index is 12.4. The van der Waals surface area contributed by atoms with Crippen LogP contribution in [0.25, 0.3) is 10.2 Å². The highest BCUT2D eigenvalue weighted by molar-refractivity contribution is 7.22. The molecule has 5 nitrogen and oxygen atoms in total. The number of nitrogens with one attached hydrogen (secondary N) is 1. The van der Waals surface area contributed by atoms with Gasteiger partial charge in [0, 0.05) is 6.54 Å². The fourth-order valence-corrected chi connectivity index (χ4v) is 3.38. The standard InChI is InChI=1S/C16H18N4OS/c1-4-11-7-6-8-13-14(11)17-16(22-13)18-15(21)12-9-10(3)19-20(12)5-2/h6-9H,4-5H2,1-3H3,(H,17,18,21). The number of para-hydroxylation sites is 1. The molecule has 0 atom stereocenters. The van der Waals surface area contributed by atoms with E-state index in [0.717, 1.165) is 22.3 Å². The number of anilines is 1. The molecule has 0 spiro atoms. The predicted octanol–water partition coefficient (Wildman–Crippen LogP) is 3.64. The molecule has 0 radical (unpaired) electrons. The van der Waals surface area contributed by atoms with Crippen LogP contribution in [0, 0.1) is 6.92 Å². The Labute approximate surface area is 133 Å². The number of aromatic nitrogens is 3. The number of benzene rings is 1. The molecule has 0 bridgehead atoms. The molecule has 1 aromatic carbocycles. The molecule has 0 aliphatic rings. The van der Waals surface area contributed by atoms with Gasteiger partial charge >= 0.3 is 0 Å². The number of amides is 1. The van der Waals surface area contributed by atoms with Gasteiger partial charge in [-0.15, -0.1) is 0 Å². The second-order valence-electron chi connectivity index (χ2n) is 5.08. The Balaban J connectivity index is 1.91. The molecule has 1 amide bonds. The minimum absolute atomic E-state index is 0.167. The van der Waals surface area contributed by atoms with Crippen LogP contribution in [0.5, 0.6) is 0 Å². The second kappa shape index (κ2) is 5.88. The van der Waals surface area contributed by atoms with E-state index in [9.17, 15) is 4.79 Å². The third kappa shape index (κ3) is 2.62. The third-order valence-corrected chi connectivity index (χ3v) is 4.47. The SMILES string of the molecule is CCc1cccc2sc(NC(=O)c3cc(C)nn3CC)nc12. The molecule has 0 aliphatic heterocycles. The number of fused-ring (bicyclic) bond motifs is 1. The van der Waals surface area contributed by atoms with Gasteiger partial charge in [-0.2, -0.15) is 5.10 Å². The molecule has 3 rings (SSSR count). The van der Waals surface area contributed by atoms with Crippen molar-refractivity contribution in [1.82, 2.24) is 14.8 Å². The number of carbonyl (C=O) groups is 1. The van der Waals surface area contributed by atoms with E-state index in [2.05, 4.69) is 28.4 Å². The van der Waals surface area contributed by atoms with Crippen molar-refractivity contribution < 1.29 is 4.79 Å². The van der Waals surface area contributed by atoms with E-state index in [0.29, 0.717) is 17.4 Å². The summed E-state index contributed by atoms with van der Waals surface area (Å²) in [6.45, 7) is 6.62. The maximum Gasteiger partial charge on any atom is 0.275 e. The van der Waals surface area contributed by atoms with Gasteiger partial charge in [0.15, 0.2) is 5.13 Å². The van der Waals surface area contributed by atoms with Gasteiger partial charge in [-0.25, -0.2) is 4.98 Å². The van der Waals surface area contributed by atoms with Crippen LogP contribution in [0.2, 0.25) is 0 Å². The molecular weight excluding hydrogens is 296 g/mol. The number of rotatable bonds is 4. The average Bonchev–Trinajstić information content (AvgIpc) is 3.09. The first-order chi connectivity index (χ1) is 10.6. The molecule has 6 heteroatoms. The second-order valence-corrected chi connectivity index (χ2v) is 6.11. The molecule has 2 heterocycles. The first-order valence-electron chi connectivity index (χ1n) is 7.36. The molecule has 0 fully saturated rings. The van der Waals surface area contributed by atoms with E-state index in [-0.39, 0.29) is 5.91 Å². The van der Waals surface area contributed by atoms with E-state index in [4.69, 9.17) is 0 Å². The molecule has 3 aromatic rings. The van der Waals surface area contributed by atoms with Crippen LogP contribution < -0.4 is 5.32 Å². The summed E-state index contributed by atoms with van der Waals surface area (Å²) in [5.74, 6) is -0.167. The average molecular weight is 314 g/mol. The van der Waals surface area contributed by atoms with Gasteiger partial charge in [-0.05, 0) is 38.0 Å². The van der Waals surface area contributed by atoms with Crippen molar-refractivity contribution in [2.45, 2.75) is 33.7 Å². The Kier molecular flexibility index (Phi) is 3.94. The summed E-state index contributed by atoms with van der Waals surface area (Å²) in [7, 11) is 0. The van der Waals surface area contributed by atoms with Crippen molar-refractivity contribution in [1.29, 1.82) is 0 Å². The van der Waals surface area contributed by atoms with Gasteiger partial charge in [-0.1, -0.05) is 30.4 Å². The van der Waals surface area contributed by atoms with Gasteiger partial charge in [0.25, 0.3) is 5.91 Å². The van der Waals surface area contributed by atoms with E-state index >= 15 is 0 Å². The van der Waals surface area contributed by atoms with Crippen molar-refractivity contribution in [2.24, 2.45) is 0 Å². The summed E-state index contributed by atoms with van der Waals surface area (Å²) < 4.78 is 2.80. The van der Waals surface area contributed by atoms with Gasteiger partial charge in [0.2, 0.25) is 0 Å². The highest BCUT2D eigenvalue weighted by Crippen LogP contribution is 2.28. The monoisotopic (exact) mass is 314 g/mol. The highest BCUT2D eigenvalue weighted by atomic mass is 32.1. The Morgan fingerprint density at radius 2 is 2.18 bits per heavy atom. The lowest BCUT2D eigenvalue weighted by atomic mass is 10.1. The summed E-state index contributed by atoms with van der Waals surface area (Å²) in [6.07, 6.45) is 0.927. The zero-order valence-corrected chi connectivity index (χ0v) is 13.7. The van der Waals surface area contributed by atoms with Gasteiger partial charge < -0.3 is 0 Å². The molecule has 0 unspecified atom stereocenters. The summed E-state index contributed by atoms with van der Waals surface area (Å²) in [5, 5.41) is 7.82. The quantitative estimate of drug-likeness (QED) is 0.800. The minimum atomic E-state index is -0.167. The van der Waals surface area contributed by atoms with Crippen molar-refractivity contribution in [3.8, 4) is 0 Å². The van der Waals surface area contributed by atoms with Crippen molar-refractivity contribution >= 4 is 32.6 Å². The Morgan fingerprint density at radius 3 is 2.91 bits per heavy atom. The normalized spacial score (nSPS) is 11.0. The van der Waals surface area contributed by atoms with E-state index in [1.54, 1.807) is 10.7 Å². The van der Waals surface area contributed by atoms with Crippen LogP contribution >= 0.6 is 11.3 Å². The molecule has 0 aliphatic carbocycles. The third-order valence-electron chi connectivity index (χ3n) is 3.54. The molecule has 0 saturated heterocycles. The van der Waals surface area contributed by atoms with E-state index in [1.165, 1.54) is 16.9 Å². The number of hydrogen-bond donors (Lipinski definition) is 1. The summed E-state index contributed by atoms with van der Waals surface area (Å²) in [4.78, 5) is 17.0. The summed E-state index contributed by atoms with van der Waals surface area (Å²) in [5.41, 5.74) is 3.58. The Bertz CT molecular complexity index is 834. The number of carbonyl (C=O) groups excluding carboxylic acids is 1. The topological polar surface area (TPSA) is 59.8 Å². The van der Waals surface area contributed by atoms with Crippen LogP contribution in [0.1, 0.15) is 35.6 Å². The molecule has 0 saturated carbocycles. The van der Waals surface area contributed by atoms with E-state index < -0.39 is 0 Å². The van der Waals surface area contributed by atoms with Crippen LogP contribution in [0.3, 0.4) is 0 Å². The van der Waals surface area contributed by atoms with Crippen molar-refractivity contribution in [2.75, 3.05) is 5.32 Å². The predicted molar refractivity (Wildman–Crippen MR) is 89.6 cm³/mol. The zero-order chi connectivity index (χ0) is 15.7. The van der Waals surface area contributed by atoms with Gasteiger partial charge in [0.05, 0.1) is 15.9 Å². The lowest BCUT2D eigenvalue weighted by Crippen LogP contribution is -2.17. The van der Waals surface area contributed by atoms with Gasteiger partial charge in [-0.3, -0.25) is 14.8 Å². The molecule has 2 aromatic heterocycles. The first kappa shape index (κ1) is 14.7. The van der Waals surface area contributed by atoms with Crippen LogP contribution in [-0.2, 0) is 13.0 Å². The largest absolute Gasteiger partial charge is 0.296 e.